The Balaban J connectivity index is 3.13. The molecule has 182 valence electrons. The molecule has 0 amide bonds. The van der Waals surface area contributed by atoms with Crippen LogP contribution in [-0.4, -0.2) is 13.2 Å². The van der Waals surface area contributed by atoms with E-state index in [1.807, 2.05) is 0 Å². The second-order valence-corrected chi connectivity index (χ2v) is 9.92. The van der Waals surface area contributed by atoms with Crippen LogP contribution in [0.2, 0.25) is 0 Å². The van der Waals surface area contributed by atoms with Crippen LogP contribution in [0.3, 0.4) is 0 Å². The molecule has 0 aliphatic heterocycles. The Labute approximate surface area is 191 Å². The van der Waals surface area contributed by atoms with Crippen molar-refractivity contribution in [1.82, 2.24) is 0 Å². The third-order valence-electron chi connectivity index (χ3n) is 5.89. The molecule has 0 radical (unpaired) electrons. The molecular weight excluding hydrogens is 391 g/mol. The van der Waals surface area contributed by atoms with Gasteiger partial charge in [0.05, 0.1) is 21.8 Å². The number of hydrogen-bond acceptors (Lipinski definition) is 3. The highest BCUT2D eigenvalue weighted by molar-refractivity contribution is 7.39. The molecule has 3 nitrogen and oxygen atoms in total. The molecular formula is C26H54O3P-. The zero-order valence-electron chi connectivity index (χ0n) is 20.6. The minimum atomic E-state index is -1.91. The summed E-state index contributed by atoms with van der Waals surface area (Å²) in [5.41, 5.74) is 0. The Bertz CT molecular complexity index is 274. The summed E-state index contributed by atoms with van der Waals surface area (Å²) < 4.78 is 10.6. The van der Waals surface area contributed by atoms with Gasteiger partial charge in [-0.25, -0.2) is 0 Å². The van der Waals surface area contributed by atoms with E-state index in [0.29, 0.717) is 13.2 Å². The van der Waals surface area contributed by atoms with E-state index in [1.54, 1.807) is 0 Å². The van der Waals surface area contributed by atoms with Gasteiger partial charge in [0.2, 0.25) is 0 Å². The van der Waals surface area contributed by atoms with E-state index in [0.717, 1.165) is 12.8 Å². The normalized spacial score (nSPS) is 11.6. The average molecular weight is 446 g/mol. The molecule has 0 saturated heterocycles. The second kappa shape index (κ2) is 27.3. The van der Waals surface area contributed by atoms with Gasteiger partial charge in [-0.3, -0.25) is 0 Å². The summed E-state index contributed by atoms with van der Waals surface area (Å²) in [5, 5.41) is 0. The fraction of sp³-hybridized carbons (Fsp3) is 1.00. The predicted molar refractivity (Wildman–Crippen MR) is 132 cm³/mol. The van der Waals surface area contributed by atoms with Gasteiger partial charge in [-0.15, -0.1) is 0 Å². The molecule has 0 rings (SSSR count). The Hall–Kier alpha value is 0.310. The molecule has 0 aromatic rings. The molecule has 0 aromatic heterocycles. The molecule has 0 N–H and O–H groups in total. The van der Waals surface area contributed by atoms with Crippen molar-refractivity contribution in [3.05, 3.63) is 0 Å². The highest BCUT2D eigenvalue weighted by Gasteiger charge is 1.98. The first-order valence-electron chi connectivity index (χ1n) is 13.5. The van der Waals surface area contributed by atoms with Crippen molar-refractivity contribution in [1.29, 1.82) is 0 Å². The lowest BCUT2D eigenvalue weighted by Gasteiger charge is -2.22. The van der Waals surface area contributed by atoms with Crippen molar-refractivity contribution in [2.24, 2.45) is 0 Å². The van der Waals surface area contributed by atoms with Crippen molar-refractivity contribution in [2.45, 2.75) is 155 Å². The fourth-order valence-electron chi connectivity index (χ4n) is 3.85. The summed E-state index contributed by atoms with van der Waals surface area (Å²) in [6, 6.07) is 0. The van der Waals surface area contributed by atoms with Gasteiger partial charge in [-0.1, -0.05) is 142 Å². The third-order valence-corrected chi connectivity index (χ3v) is 6.68. The van der Waals surface area contributed by atoms with Crippen LogP contribution in [0.25, 0.3) is 0 Å². The van der Waals surface area contributed by atoms with Crippen LogP contribution in [0, 0.1) is 0 Å². The maximum atomic E-state index is 11.7. The van der Waals surface area contributed by atoms with Gasteiger partial charge in [0.1, 0.15) is 0 Å². The van der Waals surface area contributed by atoms with Crippen LogP contribution in [-0.2, 0) is 9.05 Å². The van der Waals surface area contributed by atoms with E-state index in [9.17, 15) is 4.89 Å². The molecule has 0 bridgehead atoms. The van der Waals surface area contributed by atoms with Crippen molar-refractivity contribution < 1.29 is 13.9 Å². The first-order chi connectivity index (χ1) is 14.8. The van der Waals surface area contributed by atoms with Gasteiger partial charge in [-0.05, 0) is 12.8 Å². The molecule has 0 atom stereocenters. The molecule has 0 unspecified atom stereocenters. The molecule has 0 heterocycles. The highest BCUT2D eigenvalue weighted by atomic mass is 31.2. The Morgan fingerprint density at radius 2 is 0.633 bits per heavy atom. The van der Waals surface area contributed by atoms with Crippen LogP contribution in [0.15, 0.2) is 0 Å². The van der Waals surface area contributed by atoms with Crippen molar-refractivity contribution in [2.75, 3.05) is 13.2 Å². The van der Waals surface area contributed by atoms with Gasteiger partial charge in [-0.2, -0.15) is 0 Å². The Morgan fingerprint density at radius 1 is 0.400 bits per heavy atom. The quantitative estimate of drug-likeness (QED) is 0.0984. The monoisotopic (exact) mass is 445 g/mol. The number of hydrogen-bond donors (Lipinski definition) is 0. The summed E-state index contributed by atoms with van der Waals surface area (Å²) >= 11 is 0. The summed E-state index contributed by atoms with van der Waals surface area (Å²) in [4.78, 5) is 11.7. The summed E-state index contributed by atoms with van der Waals surface area (Å²) in [5.74, 6) is 0. The Morgan fingerprint density at radius 3 is 0.900 bits per heavy atom. The predicted octanol–water partition coefficient (Wildman–Crippen LogP) is 9.23. The molecule has 0 saturated carbocycles. The van der Waals surface area contributed by atoms with E-state index in [-0.39, 0.29) is 0 Å². The van der Waals surface area contributed by atoms with Gasteiger partial charge < -0.3 is 13.9 Å². The standard InChI is InChI=1S/C26H54O3P/c1-3-5-7-9-11-13-15-17-19-21-23-25-28-30(27)29-26-24-22-20-18-16-14-12-10-8-6-4-2/h3-26H2,1-2H3/q-1. The van der Waals surface area contributed by atoms with Gasteiger partial charge in [0, 0.05) is 0 Å². The van der Waals surface area contributed by atoms with Crippen molar-refractivity contribution >= 4 is 8.60 Å². The van der Waals surface area contributed by atoms with Gasteiger partial charge in [0.15, 0.2) is 0 Å². The lowest BCUT2D eigenvalue weighted by molar-refractivity contribution is -0.204. The molecule has 4 heteroatoms. The molecule has 0 fully saturated rings. The molecule has 0 aliphatic rings. The first-order valence-corrected chi connectivity index (χ1v) is 14.6. The minimum Gasteiger partial charge on any atom is -0.786 e. The van der Waals surface area contributed by atoms with E-state index < -0.39 is 8.60 Å². The zero-order chi connectivity index (χ0) is 22.0. The van der Waals surface area contributed by atoms with Crippen molar-refractivity contribution in [3.63, 3.8) is 0 Å². The maximum Gasteiger partial charge on any atom is 0.0828 e. The fourth-order valence-corrected chi connectivity index (χ4v) is 4.48. The topological polar surface area (TPSA) is 41.5 Å². The molecule has 30 heavy (non-hydrogen) atoms. The number of rotatable bonds is 26. The lowest BCUT2D eigenvalue weighted by Crippen LogP contribution is -2.05. The van der Waals surface area contributed by atoms with E-state index in [4.69, 9.17) is 9.05 Å². The second-order valence-electron chi connectivity index (χ2n) is 8.96. The summed E-state index contributed by atoms with van der Waals surface area (Å²) in [6.07, 6.45) is 29.0. The van der Waals surface area contributed by atoms with Gasteiger partial charge >= 0.3 is 0 Å². The van der Waals surface area contributed by atoms with E-state index in [2.05, 4.69) is 13.8 Å². The molecule has 0 spiro atoms. The number of unbranched alkanes of at least 4 members (excludes halogenated alkanes) is 20. The van der Waals surface area contributed by atoms with Crippen LogP contribution >= 0.6 is 8.60 Å². The summed E-state index contributed by atoms with van der Waals surface area (Å²) in [7, 11) is -1.91. The van der Waals surface area contributed by atoms with Crippen LogP contribution in [0.5, 0.6) is 0 Å². The zero-order valence-corrected chi connectivity index (χ0v) is 21.5. The molecule has 0 aliphatic carbocycles. The first kappa shape index (κ1) is 30.3. The largest absolute Gasteiger partial charge is 0.786 e. The molecule has 0 aromatic carbocycles. The lowest BCUT2D eigenvalue weighted by atomic mass is 10.1. The highest BCUT2D eigenvalue weighted by Crippen LogP contribution is 2.28. The van der Waals surface area contributed by atoms with Crippen molar-refractivity contribution in [3.8, 4) is 0 Å². The SMILES string of the molecule is CCCCCCCCCCCCCOP([O-])OCCCCCCCCCCCCC. The van der Waals surface area contributed by atoms with E-state index >= 15 is 0 Å². The van der Waals surface area contributed by atoms with Crippen LogP contribution in [0.4, 0.5) is 0 Å². The summed E-state index contributed by atoms with van der Waals surface area (Å²) in [6.45, 7) is 5.69. The Kier molecular flexibility index (Phi) is 27.6. The maximum absolute atomic E-state index is 11.7. The minimum absolute atomic E-state index is 0.574. The van der Waals surface area contributed by atoms with Crippen LogP contribution in [0.1, 0.15) is 155 Å². The third kappa shape index (κ3) is 26.3. The average Bonchev–Trinajstić information content (AvgIpc) is 2.75. The smallest absolute Gasteiger partial charge is 0.0828 e. The van der Waals surface area contributed by atoms with Crippen LogP contribution < -0.4 is 4.89 Å². The van der Waals surface area contributed by atoms with E-state index in [1.165, 1.54) is 128 Å². The van der Waals surface area contributed by atoms with Gasteiger partial charge in [0.25, 0.3) is 0 Å².